The van der Waals surface area contributed by atoms with Crippen molar-refractivity contribution in [3.63, 3.8) is 0 Å². The largest absolute Gasteiger partial charge is 0.378 e. The number of benzene rings is 2. The van der Waals surface area contributed by atoms with Crippen molar-refractivity contribution >= 4 is 5.69 Å². The van der Waals surface area contributed by atoms with Crippen molar-refractivity contribution in [1.29, 1.82) is 0 Å². The Balaban J connectivity index is 2.23. The molecule has 0 aliphatic rings. The van der Waals surface area contributed by atoms with Gasteiger partial charge in [0.25, 0.3) is 0 Å². The molecule has 2 nitrogen and oxygen atoms in total. The average Bonchev–Trinajstić information content (AvgIpc) is 2.41. The quantitative estimate of drug-likeness (QED) is 0.820. The van der Waals surface area contributed by atoms with Gasteiger partial charge in [0.1, 0.15) is 0 Å². The molecule has 0 aliphatic heterocycles. The number of rotatable bonds is 5. The second-order valence-electron chi connectivity index (χ2n) is 5.75. The van der Waals surface area contributed by atoms with E-state index in [2.05, 4.69) is 86.5 Å². The Labute approximate surface area is 122 Å². The molecule has 0 saturated heterocycles. The van der Waals surface area contributed by atoms with Gasteiger partial charge >= 0.3 is 0 Å². The predicted molar refractivity (Wildman–Crippen MR) is 87.4 cm³/mol. The summed E-state index contributed by atoms with van der Waals surface area (Å²) in [5.74, 6) is 0. The van der Waals surface area contributed by atoms with Gasteiger partial charge in [0.05, 0.1) is 0 Å². The summed E-state index contributed by atoms with van der Waals surface area (Å²) < 4.78 is 0. The van der Waals surface area contributed by atoms with Crippen molar-refractivity contribution < 1.29 is 0 Å². The van der Waals surface area contributed by atoms with Gasteiger partial charge in [-0.2, -0.15) is 0 Å². The van der Waals surface area contributed by atoms with E-state index in [1.54, 1.807) is 0 Å². The molecule has 0 heterocycles. The van der Waals surface area contributed by atoms with Gasteiger partial charge in [-0.25, -0.2) is 0 Å². The molecule has 0 aromatic heterocycles. The number of hydrogen-bond donors (Lipinski definition) is 0. The van der Waals surface area contributed by atoms with Gasteiger partial charge in [-0.1, -0.05) is 36.4 Å². The highest BCUT2D eigenvalue weighted by atomic mass is 15.1. The monoisotopic (exact) mass is 268 g/mol. The van der Waals surface area contributed by atoms with Crippen LogP contribution in [0.2, 0.25) is 0 Å². The van der Waals surface area contributed by atoms with Crippen LogP contribution in [0.5, 0.6) is 0 Å². The molecule has 0 fully saturated rings. The van der Waals surface area contributed by atoms with Crippen LogP contribution in [0.3, 0.4) is 0 Å². The standard InChI is InChI=1S/C18H24N2/c1-19(2)14-17-10-6-5-9-16(17)12-15-8-7-11-18(13-15)20(3)4/h5-11,13H,12,14H2,1-4H3. The van der Waals surface area contributed by atoms with Crippen molar-refractivity contribution in [3.8, 4) is 0 Å². The molecular weight excluding hydrogens is 244 g/mol. The van der Waals surface area contributed by atoms with E-state index >= 15 is 0 Å². The van der Waals surface area contributed by atoms with E-state index in [0.717, 1.165) is 13.0 Å². The van der Waals surface area contributed by atoms with Crippen LogP contribution in [0.1, 0.15) is 16.7 Å². The molecule has 2 aromatic carbocycles. The van der Waals surface area contributed by atoms with Crippen LogP contribution in [-0.4, -0.2) is 33.1 Å². The van der Waals surface area contributed by atoms with E-state index in [-0.39, 0.29) is 0 Å². The highest BCUT2D eigenvalue weighted by molar-refractivity contribution is 5.48. The molecule has 0 radical (unpaired) electrons. The summed E-state index contributed by atoms with van der Waals surface area (Å²) in [7, 11) is 8.39. The van der Waals surface area contributed by atoms with Crippen LogP contribution in [0.4, 0.5) is 5.69 Å². The lowest BCUT2D eigenvalue weighted by molar-refractivity contribution is 0.401. The average molecular weight is 268 g/mol. The second kappa shape index (κ2) is 6.58. The van der Waals surface area contributed by atoms with Crippen molar-refractivity contribution in [3.05, 3.63) is 65.2 Å². The number of hydrogen-bond acceptors (Lipinski definition) is 2. The topological polar surface area (TPSA) is 6.48 Å². The van der Waals surface area contributed by atoms with Crippen LogP contribution >= 0.6 is 0 Å². The lowest BCUT2D eigenvalue weighted by Crippen LogP contribution is -2.12. The Hall–Kier alpha value is -1.80. The van der Waals surface area contributed by atoms with E-state index in [1.165, 1.54) is 22.4 Å². The lowest BCUT2D eigenvalue weighted by atomic mass is 9.99. The van der Waals surface area contributed by atoms with Crippen LogP contribution < -0.4 is 4.90 Å². The van der Waals surface area contributed by atoms with Gasteiger partial charge in [0.2, 0.25) is 0 Å². The van der Waals surface area contributed by atoms with E-state index in [0.29, 0.717) is 0 Å². The second-order valence-corrected chi connectivity index (χ2v) is 5.75. The molecule has 0 unspecified atom stereocenters. The fourth-order valence-corrected chi connectivity index (χ4v) is 2.39. The number of nitrogens with zero attached hydrogens (tertiary/aromatic N) is 2. The summed E-state index contributed by atoms with van der Waals surface area (Å²) in [5.41, 5.74) is 5.44. The molecule has 0 spiro atoms. The minimum absolute atomic E-state index is 0.990. The zero-order valence-corrected chi connectivity index (χ0v) is 12.9. The molecular formula is C18H24N2. The molecule has 20 heavy (non-hydrogen) atoms. The first-order chi connectivity index (χ1) is 9.56. The summed E-state index contributed by atoms with van der Waals surface area (Å²) in [6.45, 7) is 0.990. The fourth-order valence-electron chi connectivity index (χ4n) is 2.39. The van der Waals surface area contributed by atoms with Gasteiger partial charge < -0.3 is 9.80 Å². The first-order valence-electron chi connectivity index (χ1n) is 7.04. The maximum atomic E-state index is 2.27. The molecule has 0 bridgehead atoms. The third-order valence-electron chi connectivity index (χ3n) is 3.43. The summed E-state index contributed by atoms with van der Waals surface area (Å²) in [5, 5.41) is 0. The Bertz CT molecular complexity index is 559. The van der Waals surface area contributed by atoms with Gasteiger partial charge in [-0.15, -0.1) is 0 Å². The van der Waals surface area contributed by atoms with Crippen LogP contribution in [0.25, 0.3) is 0 Å². The third-order valence-corrected chi connectivity index (χ3v) is 3.43. The normalized spacial score (nSPS) is 10.8. The molecule has 0 aliphatic carbocycles. The summed E-state index contributed by atoms with van der Waals surface area (Å²) in [6, 6.07) is 17.5. The van der Waals surface area contributed by atoms with E-state index in [4.69, 9.17) is 0 Å². The zero-order valence-electron chi connectivity index (χ0n) is 12.9. The van der Waals surface area contributed by atoms with Crippen LogP contribution in [0, 0.1) is 0 Å². The summed E-state index contributed by atoms with van der Waals surface area (Å²) in [6.07, 6.45) is 0.992. The minimum atomic E-state index is 0.990. The van der Waals surface area contributed by atoms with Crippen molar-refractivity contribution in [1.82, 2.24) is 4.90 Å². The van der Waals surface area contributed by atoms with Crippen molar-refractivity contribution in [2.75, 3.05) is 33.1 Å². The lowest BCUT2D eigenvalue weighted by Gasteiger charge is -2.16. The molecule has 0 atom stereocenters. The van der Waals surface area contributed by atoms with E-state index in [9.17, 15) is 0 Å². The maximum absolute atomic E-state index is 2.27. The van der Waals surface area contributed by atoms with Gasteiger partial charge in [0.15, 0.2) is 0 Å². The Morgan fingerprint density at radius 1 is 0.800 bits per heavy atom. The molecule has 0 N–H and O–H groups in total. The van der Waals surface area contributed by atoms with E-state index in [1.807, 2.05) is 0 Å². The van der Waals surface area contributed by atoms with Gasteiger partial charge in [-0.3, -0.25) is 0 Å². The first-order valence-corrected chi connectivity index (χ1v) is 7.04. The minimum Gasteiger partial charge on any atom is -0.378 e. The SMILES string of the molecule is CN(C)Cc1ccccc1Cc1cccc(N(C)C)c1. The molecule has 2 aromatic rings. The Kier molecular flexibility index (Phi) is 4.80. The zero-order chi connectivity index (χ0) is 14.5. The van der Waals surface area contributed by atoms with Crippen LogP contribution in [0.15, 0.2) is 48.5 Å². The summed E-state index contributed by atoms with van der Waals surface area (Å²) in [4.78, 5) is 4.37. The maximum Gasteiger partial charge on any atom is 0.0363 e. The smallest absolute Gasteiger partial charge is 0.0363 e. The van der Waals surface area contributed by atoms with Crippen LogP contribution in [-0.2, 0) is 13.0 Å². The molecule has 106 valence electrons. The number of anilines is 1. The predicted octanol–water partition coefficient (Wildman–Crippen LogP) is 3.41. The third kappa shape index (κ3) is 3.84. The van der Waals surface area contributed by atoms with Gasteiger partial charge in [-0.05, 0) is 49.3 Å². The summed E-state index contributed by atoms with van der Waals surface area (Å²) >= 11 is 0. The highest BCUT2D eigenvalue weighted by Gasteiger charge is 2.05. The molecule has 0 amide bonds. The molecule has 2 rings (SSSR count). The Morgan fingerprint density at radius 2 is 1.50 bits per heavy atom. The Morgan fingerprint density at radius 3 is 2.15 bits per heavy atom. The van der Waals surface area contributed by atoms with Crippen molar-refractivity contribution in [2.45, 2.75) is 13.0 Å². The first kappa shape index (κ1) is 14.6. The molecule has 2 heteroatoms. The van der Waals surface area contributed by atoms with Crippen molar-refractivity contribution in [2.24, 2.45) is 0 Å². The fraction of sp³-hybridized carbons (Fsp3) is 0.333. The van der Waals surface area contributed by atoms with Gasteiger partial charge in [0, 0.05) is 26.3 Å². The highest BCUT2D eigenvalue weighted by Crippen LogP contribution is 2.19. The van der Waals surface area contributed by atoms with E-state index < -0.39 is 0 Å². The molecule has 0 saturated carbocycles.